The molecule has 1 aromatic carbocycles. The summed E-state index contributed by atoms with van der Waals surface area (Å²) in [6.45, 7) is 0. The van der Waals surface area contributed by atoms with Gasteiger partial charge in [0.1, 0.15) is 5.52 Å². The van der Waals surface area contributed by atoms with Crippen LogP contribution in [-0.2, 0) is 7.05 Å². The highest BCUT2D eigenvalue weighted by atomic mass is 35.5. The van der Waals surface area contributed by atoms with Crippen LogP contribution in [-0.4, -0.2) is 26.9 Å². The minimum Gasteiger partial charge on any atom is -0.423 e. The summed E-state index contributed by atoms with van der Waals surface area (Å²) in [6.07, 6.45) is 1.81. The first kappa shape index (κ1) is 9.52. The van der Waals surface area contributed by atoms with Gasteiger partial charge in [-0.25, -0.2) is 0 Å². The second kappa shape index (κ2) is 3.27. The average molecular weight is 210 g/mol. The van der Waals surface area contributed by atoms with E-state index in [1.807, 2.05) is 6.20 Å². The van der Waals surface area contributed by atoms with Crippen molar-refractivity contribution in [1.82, 2.24) is 9.78 Å². The molecule has 0 radical (unpaired) electrons. The highest BCUT2D eigenvalue weighted by Gasteiger charge is 2.18. The van der Waals surface area contributed by atoms with Crippen LogP contribution in [0, 0.1) is 0 Å². The van der Waals surface area contributed by atoms with E-state index in [9.17, 15) is 0 Å². The second-order valence-electron chi connectivity index (χ2n) is 3.08. The molecule has 4 nitrogen and oxygen atoms in total. The fourth-order valence-electron chi connectivity index (χ4n) is 1.39. The molecule has 0 fully saturated rings. The van der Waals surface area contributed by atoms with Crippen LogP contribution in [0.5, 0.6) is 0 Å². The first-order valence-corrected chi connectivity index (χ1v) is 4.45. The van der Waals surface area contributed by atoms with E-state index in [0.717, 1.165) is 5.39 Å². The summed E-state index contributed by atoms with van der Waals surface area (Å²) in [7, 11) is 0.222. The van der Waals surface area contributed by atoms with Crippen LogP contribution in [0.25, 0.3) is 10.9 Å². The molecule has 0 saturated carbocycles. The summed E-state index contributed by atoms with van der Waals surface area (Å²) < 4.78 is 1.63. The molecule has 6 heteroatoms. The lowest BCUT2D eigenvalue weighted by Gasteiger charge is -2.01. The lowest BCUT2D eigenvalue weighted by atomic mass is 9.80. The zero-order chi connectivity index (χ0) is 10.3. The fraction of sp³-hybridized carbons (Fsp3) is 0.125. The molecule has 0 aliphatic rings. The van der Waals surface area contributed by atoms with Gasteiger partial charge in [-0.05, 0) is 0 Å². The van der Waals surface area contributed by atoms with Crippen molar-refractivity contribution in [2.75, 3.05) is 0 Å². The Morgan fingerprint density at radius 2 is 2.14 bits per heavy atom. The summed E-state index contributed by atoms with van der Waals surface area (Å²) in [4.78, 5) is 0. The Labute approximate surface area is 85.9 Å². The molecule has 0 amide bonds. The zero-order valence-electron chi connectivity index (χ0n) is 7.48. The maximum atomic E-state index is 9.01. The Kier molecular flexibility index (Phi) is 2.22. The van der Waals surface area contributed by atoms with Crippen LogP contribution in [0.2, 0.25) is 5.02 Å². The highest BCUT2D eigenvalue weighted by molar-refractivity contribution is 6.63. The number of nitrogens with zero attached hydrogens (tertiary/aromatic N) is 2. The third-order valence-electron chi connectivity index (χ3n) is 2.04. The molecule has 2 aromatic rings. The summed E-state index contributed by atoms with van der Waals surface area (Å²) >= 11 is 5.95. The van der Waals surface area contributed by atoms with Crippen LogP contribution >= 0.6 is 11.6 Å². The number of fused-ring (bicyclic) bond motifs is 1. The van der Waals surface area contributed by atoms with E-state index >= 15 is 0 Å². The smallest absolute Gasteiger partial charge is 0.423 e. The molecule has 0 bridgehead atoms. The molecule has 14 heavy (non-hydrogen) atoms. The largest absolute Gasteiger partial charge is 0.490 e. The number of aromatic nitrogens is 2. The van der Waals surface area contributed by atoms with E-state index in [1.165, 1.54) is 0 Å². The molecule has 0 aliphatic heterocycles. The molecule has 0 atom stereocenters. The van der Waals surface area contributed by atoms with Crippen molar-refractivity contribution in [3.05, 3.63) is 23.4 Å². The first-order valence-electron chi connectivity index (χ1n) is 4.07. The second-order valence-corrected chi connectivity index (χ2v) is 3.46. The first-order chi connectivity index (χ1) is 6.59. The van der Waals surface area contributed by atoms with Crippen molar-refractivity contribution in [2.24, 2.45) is 7.05 Å². The number of rotatable bonds is 1. The average Bonchev–Trinajstić information content (AvgIpc) is 2.46. The summed E-state index contributed by atoms with van der Waals surface area (Å²) in [5.74, 6) is 0. The van der Waals surface area contributed by atoms with E-state index in [2.05, 4.69) is 5.10 Å². The van der Waals surface area contributed by atoms with Crippen LogP contribution in [0.3, 0.4) is 0 Å². The highest BCUT2D eigenvalue weighted by Crippen LogP contribution is 2.19. The van der Waals surface area contributed by atoms with Crippen molar-refractivity contribution in [3.63, 3.8) is 0 Å². The molecule has 0 spiro atoms. The van der Waals surface area contributed by atoms with Gasteiger partial charge in [0.05, 0.1) is 5.02 Å². The number of benzene rings is 1. The number of hydrogen-bond donors (Lipinski definition) is 2. The standard InChI is InChI=1S/C8H8BClN2O2/c1-12-4-5-2-3-6(9(13)14)7(10)8(5)11-12/h2-4,13-14H,1H3. The van der Waals surface area contributed by atoms with Crippen molar-refractivity contribution in [2.45, 2.75) is 0 Å². The van der Waals surface area contributed by atoms with Gasteiger partial charge in [0, 0.05) is 24.1 Å². The molecule has 2 rings (SSSR count). The molecular formula is C8H8BClN2O2. The van der Waals surface area contributed by atoms with Crippen LogP contribution in [0.1, 0.15) is 0 Å². The lowest BCUT2D eigenvalue weighted by molar-refractivity contribution is 0.426. The maximum absolute atomic E-state index is 9.01. The lowest BCUT2D eigenvalue weighted by Crippen LogP contribution is -2.30. The van der Waals surface area contributed by atoms with Gasteiger partial charge in [-0.2, -0.15) is 5.10 Å². The van der Waals surface area contributed by atoms with Gasteiger partial charge in [-0.1, -0.05) is 23.7 Å². The van der Waals surface area contributed by atoms with E-state index < -0.39 is 7.12 Å². The Hall–Kier alpha value is -1.04. The molecule has 0 aliphatic carbocycles. The van der Waals surface area contributed by atoms with Gasteiger partial charge in [0.2, 0.25) is 0 Å². The van der Waals surface area contributed by atoms with E-state index in [1.54, 1.807) is 23.9 Å². The fourth-order valence-corrected chi connectivity index (χ4v) is 1.70. The molecule has 1 aromatic heterocycles. The summed E-state index contributed by atoms with van der Waals surface area (Å²) in [5.41, 5.74) is 0.859. The van der Waals surface area contributed by atoms with E-state index in [-0.39, 0.29) is 10.5 Å². The SMILES string of the molecule is Cn1cc2ccc(B(O)O)c(Cl)c2n1. The van der Waals surface area contributed by atoms with Crippen LogP contribution in [0.15, 0.2) is 18.3 Å². The zero-order valence-corrected chi connectivity index (χ0v) is 8.23. The van der Waals surface area contributed by atoms with Gasteiger partial charge in [0.25, 0.3) is 0 Å². The number of halogens is 1. The molecule has 1 heterocycles. The Morgan fingerprint density at radius 1 is 1.43 bits per heavy atom. The predicted molar refractivity (Wildman–Crippen MR) is 55.5 cm³/mol. The quantitative estimate of drug-likeness (QED) is 0.647. The molecule has 0 saturated heterocycles. The third-order valence-corrected chi connectivity index (χ3v) is 2.44. The molecule has 72 valence electrons. The molecule has 0 unspecified atom stereocenters. The third kappa shape index (κ3) is 1.39. The van der Waals surface area contributed by atoms with Gasteiger partial charge in [0.15, 0.2) is 0 Å². The Balaban J connectivity index is 2.74. The number of aryl methyl sites for hydroxylation is 1. The van der Waals surface area contributed by atoms with Crippen molar-refractivity contribution >= 4 is 35.1 Å². The van der Waals surface area contributed by atoms with Crippen molar-refractivity contribution in [1.29, 1.82) is 0 Å². The summed E-state index contributed by atoms with van der Waals surface area (Å²) in [6, 6.07) is 3.33. The normalized spacial score (nSPS) is 10.9. The maximum Gasteiger partial charge on any atom is 0.490 e. The van der Waals surface area contributed by atoms with Gasteiger partial charge in [-0.3, -0.25) is 4.68 Å². The van der Waals surface area contributed by atoms with E-state index in [0.29, 0.717) is 5.52 Å². The number of hydrogen-bond acceptors (Lipinski definition) is 3. The Morgan fingerprint density at radius 3 is 2.79 bits per heavy atom. The monoisotopic (exact) mass is 210 g/mol. The van der Waals surface area contributed by atoms with Gasteiger partial charge < -0.3 is 10.0 Å². The van der Waals surface area contributed by atoms with Crippen molar-refractivity contribution in [3.8, 4) is 0 Å². The topological polar surface area (TPSA) is 58.3 Å². The molecule has 2 N–H and O–H groups in total. The minimum atomic E-state index is -1.56. The summed E-state index contributed by atoms with van der Waals surface area (Å²) in [5, 5.41) is 23.3. The van der Waals surface area contributed by atoms with Crippen LogP contribution < -0.4 is 5.46 Å². The Bertz CT molecular complexity index is 483. The van der Waals surface area contributed by atoms with Crippen molar-refractivity contribution < 1.29 is 10.0 Å². The van der Waals surface area contributed by atoms with Crippen LogP contribution in [0.4, 0.5) is 0 Å². The van der Waals surface area contributed by atoms with E-state index in [4.69, 9.17) is 21.6 Å². The molecular weight excluding hydrogens is 202 g/mol. The predicted octanol–water partition coefficient (Wildman–Crippen LogP) is -0.0935. The van der Waals surface area contributed by atoms with Gasteiger partial charge in [-0.15, -0.1) is 0 Å². The minimum absolute atomic E-state index is 0.276. The van der Waals surface area contributed by atoms with Gasteiger partial charge >= 0.3 is 7.12 Å².